The van der Waals surface area contributed by atoms with Crippen LogP contribution in [0.5, 0.6) is 0 Å². The average molecular weight is 465 g/mol. The van der Waals surface area contributed by atoms with Crippen LogP contribution in [0.3, 0.4) is 0 Å². The molecule has 2 heteroatoms. The lowest BCUT2D eigenvalue weighted by Crippen LogP contribution is -2.36. The Kier molecular flexibility index (Phi) is 5.90. The molecule has 1 aliphatic heterocycles. The van der Waals surface area contributed by atoms with Crippen LogP contribution >= 0.6 is 0 Å². The van der Waals surface area contributed by atoms with Crippen molar-refractivity contribution in [1.29, 1.82) is 0 Å². The second-order valence-electron chi connectivity index (χ2n) is 11.0. The van der Waals surface area contributed by atoms with Crippen LogP contribution in [0, 0.1) is 17.3 Å². The molecule has 0 radical (unpaired) electrons. The second kappa shape index (κ2) is 9.08. The smallest absolute Gasteiger partial charge is 0.143 e. The number of allylic oxidation sites excluding steroid dienone is 2. The summed E-state index contributed by atoms with van der Waals surface area (Å²) in [4.78, 5) is 0. The van der Waals surface area contributed by atoms with Crippen LogP contribution in [0.25, 0.3) is 0 Å². The quantitative estimate of drug-likeness (QED) is 0.277. The lowest BCUT2D eigenvalue weighted by atomic mass is 9.64. The van der Waals surface area contributed by atoms with Gasteiger partial charge >= 0.3 is 0 Å². The third-order valence-electron chi connectivity index (χ3n) is 9.17. The summed E-state index contributed by atoms with van der Waals surface area (Å²) in [5.41, 5.74) is 4.72. The molecule has 2 nitrogen and oxygen atoms in total. The molecule has 5 atom stereocenters. The van der Waals surface area contributed by atoms with E-state index in [-0.39, 0.29) is 6.10 Å². The molecule has 3 aliphatic rings. The number of ether oxygens (including phenoxy) is 2. The van der Waals surface area contributed by atoms with Crippen molar-refractivity contribution in [1.82, 2.24) is 0 Å². The van der Waals surface area contributed by atoms with Crippen LogP contribution in [0.1, 0.15) is 56.2 Å². The zero-order valence-corrected chi connectivity index (χ0v) is 20.9. The lowest BCUT2D eigenvalue weighted by Gasteiger charge is -2.40. The van der Waals surface area contributed by atoms with Gasteiger partial charge in [-0.2, -0.15) is 0 Å². The maximum absolute atomic E-state index is 7.09. The summed E-state index contributed by atoms with van der Waals surface area (Å²) in [5.74, 6) is 1.31. The molecular formula is C33H36O2. The summed E-state index contributed by atoms with van der Waals surface area (Å²) >= 11 is 0. The molecule has 6 rings (SSSR count). The van der Waals surface area contributed by atoms with E-state index in [0.29, 0.717) is 30.0 Å². The summed E-state index contributed by atoms with van der Waals surface area (Å²) in [5, 5.41) is 0. The molecule has 0 amide bonds. The highest BCUT2D eigenvalue weighted by Gasteiger charge is 2.57. The van der Waals surface area contributed by atoms with Crippen LogP contribution in [-0.4, -0.2) is 18.8 Å². The van der Waals surface area contributed by atoms with Crippen LogP contribution in [0.15, 0.2) is 103 Å². The molecule has 3 aromatic rings. The lowest BCUT2D eigenvalue weighted by molar-refractivity contribution is -0.0628. The average Bonchev–Trinajstić information content (AvgIpc) is 3.44. The molecule has 1 heterocycles. The number of hydrogen-bond donors (Lipinski definition) is 0. The molecule has 1 saturated carbocycles. The molecule has 0 N–H and O–H groups in total. The summed E-state index contributed by atoms with van der Waals surface area (Å²) in [7, 11) is 0. The van der Waals surface area contributed by atoms with E-state index in [0.717, 1.165) is 23.1 Å². The van der Waals surface area contributed by atoms with E-state index in [1.807, 2.05) is 0 Å². The molecule has 2 aliphatic carbocycles. The van der Waals surface area contributed by atoms with Gasteiger partial charge in [0, 0.05) is 0 Å². The van der Waals surface area contributed by atoms with Crippen molar-refractivity contribution in [3.63, 3.8) is 0 Å². The van der Waals surface area contributed by atoms with Crippen molar-refractivity contribution in [3.05, 3.63) is 119 Å². The van der Waals surface area contributed by atoms with E-state index < -0.39 is 5.60 Å². The highest BCUT2D eigenvalue weighted by Crippen LogP contribution is 2.60. The predicted octanol–water partition coefficient (Wildman–Crippen LogP) is 7.54. The van der Waals surface area contributed by atoms with Crippen LogP contribution in [0.2, 0.25) is 0 Å². The first kappa shape index (κ1) is 22.8. The second-order valence-corrected chi connectivity index (χ2v) is 11.0. The molecule has 1 saturated heterocycles. The monoisotopic (exact) mass is 464 g/mol. The number of hydrogen-bond acceptors (Lipinski definition) is 2. The molecule has 180 valence electrons. The van der Waals surface area contributed by atoms with E-state index >= 15 is 0 Å². The van der Waals surface area contributed by atoms with E-state index in [1.165, 1.54) is 19.3 Å². The molecule has 3 aromatic carbocycles. The van der Waals surface area contributed by atoms with Crippen LogP contribution in [-0.2, 0) is 15.1 Å². The fourth-order valence-electron chi connectivity index (χ4n) is 7.42. The Morgan fingerprint density at radius 2 is 1.37 bits per heavy atom. The third-order valence-corrected chi connectivity index (χ3v) is 9.17. The first-order valence-electron chi connectivity index (χ1n) is 13.2. The van der Waals surface area contributed by atoms with Crippen molar-refractivity contribution in [2.24, 2.45) is 17.3 Å². The van der Waals surface area contributed by atoms with E-state index in [2.05, 4.69) is 111 Å². The largest absolute Gasteiger partial charge is 0.372 e. The Hall–Kier alpha value is -2.68. The Bertz CT molecular complexity index is 1070. The summed E-state index contributed by atoms with van der Waals surface area (Å²) in [6, 6.07) is 32.0. The molecular weight excluding hydrogens is 428 g/mol. The maximum Gasteiger partial charge on any atom is 0.143 e. The predicted molar refractivity (Wildman–Crippen MR) is 141 cm³/mol. The topological polar surface area (TPSA) is 18.5 Å². The first-order valence-corrected chi connectivity index (χ1v) is 13.2. The molecule has 35 heavy (non-hydrogen) atoms. The van der Waals surface area contributed by atoms with Crippen molar-refractivity contribution < 1.29 is 9.47 Å². The van der Waals surface area contributed by atoms with E-state index in [4.69, 9.17) is 9.47 Å². The third kappa shape index (κ3) is 3.79. The van der Waals surface area contributed by atoms with E-state index in [1.54, 1.807) is 5.57 Å². The Morgan fingerprint density at radius 3 is 1.91 bits per heavy atom. The highest BCUT2D eigenvalue weighted by atomic mass is 16.6. The Balaban J connectivity index is 1.32. The van der Waals surface area contributed by atoms with Gasteiger partial charge in [-0.1, -0.05) is 110 Å². The zero-order valence-electron chi connectivity index (χ0n) is 20.9. The molecule has 0 bridgehead atoms. The first-order chi connectivity index (χ1) is 17.1. The molecule has 0 aromatic heterocycles. The standard InChI is InChI=1S/C33H36O2/c1-24-13-12-20-32(2)29(24)22-31-30(32)21-28(35-31)23-34-33(25-14-6-3-7-15-25,26-16-8-4-9-17-26)27-18-10-5-11-19-27/h3-11,13-19,28-31H,12,20-23H2,1-2H3/t28-,29-,30+,31-,32+/m1/s1. The Morgan fingerprint density at radius 1 is 0.829 bits per heavy atom. The SMILES string of the molecule is CC1=CCC[C@@]2(C)[C@@H]1C[C@H]1O[C@@H](COC(c3ccccc3)(c3ccccc3)c3ccccc3)C[C@@H]12. The van der Waals surface area contributed by atoms with Crippen molar-refractivity contribution >= 4 is 0 Å². The molecule has 0 unspecified atom stereocenters. The minimum atomic E-state index is -0.679. The number of rotatable bonds is 6. The fourth-order valence-corrected chi connectivity index (χ4v) is 7.42. The van der Waals surface area contributed by atoms with Crippen molar-refractivity contribution in [2.45, 2.75) is 57.3 Å². The number of benzene rings is 3. The van der Waals surface area contributed by atoms with Gasteiger partial charge < -0.3 is 9.47 Å². The van der Waals surface area contributed by atoms with Crippen molar-refractivity contribution in [2.75, 3.05) is 6.61 Å². The normalized spacial score (nSPS) is 29.9. The van der Waals surface area contributed by atoms with Crippen molar-refractivity contribution in [3.8, 4) is 0 Å². The van der Waals surface area contributed by atoms with Gasteiger partial charge in [0.2, 0.25) is 0 Å². The Labute approximate surface area is 210 Å². The highest BCUT2D eigenvalue weighted by molar-refractivity contribution is 5.47. The van der Waals surface area contributed by atoms with Gasteiger partial charge in [-0.15, -0.1) is 0 Å². The maximum atomic E-state index is 7.09. The molecule has 2 fully saturated rings. The number of fused-ring (bicyclic) bond motifs is 3. The summed E-state index contributed by atoms with van der Waals surface area (Å²) in [6.07, 6.45) is 7.71. The van der Waals surface area contributed by atoms with Crippen LogP contribution < -0.4 is 0 Å². The van der Waals surface area contributed by atoms with E-state index in [9.17, 15) is 0 Å². The fraction of sp³-hybridized carbons (Fsp3) is 0.394. The van der Waals surface area contributed by atoms with Gasteiger partial charge in [0.15, 0.2) is 0 Å². The summed E-state index contributed by atoms with van der Waals surface area (Å²) in [6.45, 7) is 5.44. The molecule has 0 spiro atoms. The van der Waals surface area contributed by atoms with Gasteiger partial charge in [-0.25, -0.2) is 0 Å². The summed E-state index contributed by atoms with van der Waals surface area (Å²) < 4.78 is 13.8. The van der Waals surface area contributed by atoms with Gasteiger partial charge in [0.05, 0.1) is 18.8 Å². The van der Waals surface area contributed by atoms with Gasteiger partial charge in [0.25, 0.3) is 0 Å². The minimum absolute atomic E-state index is 0.129. The minimum Gasteiger partial charge on any atom is -0.372 e. The van der Waals surface area contributed by atoms with Crippen LogP contribution in [0.4, 0.5) is 0 Å². The van der Waals surface area contributed by atoms with Gasteiger partial charge in [-0.05, 0) is 66.5 Å². The van der Waals surface area contributed by atoms with Gasteiger partial charge in [-0.3, -0.25) is 0 Å². The zero-order chi connectivity index (χ0) is 23.9. The van der Waals surface area contributed by atoms with Gasteiger partial charge in [0.1, 0.15) is 5.60 Å².